The number of benzene rings is 2. The van der Waals surface area contributed by atoms with Gasteiger partial charge in [0.1, 0.15) is 0 Å². The Morgan fingerprint density at radius 2 is 1.77 bits per heavy atom. The molecule has 6 nitrogen and oxygen atoms in total. The van der Waals surface area contributed by atoms with Crippen LogP contribution in [-0.2, 0) is 6.54 Å². The zero-order chi connectivity index (χ0) is 22.4. The zero-order valence-corrected chi connectivity index (χ0v) is 19.6. The van der Waals surface area contributed by atoms with Gasteiger partial charge in [-0.15, -0.1) is 0 Å². The summed E-state index contributed by atoms with van der Waals surface area (Å²) >= 11 is 5.50. The van der Waals surface area contributed by atoms with Crippen LogP contribution >= 0.6 is 12.2 Å². The monoisotopic (exact) mass is 441 g/mol. The number of rotatable bonds is 10. The van der Waals surface area contributed by atoms with E-state index in [-0.39, 0.29) is 5.56 Å². The van der Waals surface area contributed by atoms with Crippen molar-refractivity contribution in [1.29, 1.82) is 0 Å². The van der Waals surface area contributed by atoms with Crippen molar-refractivity contribution in [2.75, 3.05) is 31.2 Å². The number of fused-ring (bicyclic) bond motifs is 1. The first-order valence-corrected chi connectivity index (χ1v) is 11.3. The molecule has 0 saturated carbocycles. The fourth-order valence-electron chi connectivity index (χ4n) is 3.71. The standard InChI is InChI=1S/C24H31N3O3S/c1-5-26(18-11-8-10-17(4)14-18)12-9-13-27-23(28)19-15-21(29-6-2)22(30-7-3)16-20(19)25-24(27)31/h8,10-11,14-16H,5-7,9,12-13H2,1-4H3,(H,25,31). The van der Waals surface area contributed by atoms with Crippen LogP contribution in [0.4, 0.5) is 5.69 Å². The number of H-pyrrole nitrogens is 1. The summed E-state index contributed by atoms with van der Waals surface area (Å²) in [6, 6.07) is 12.0. The maximum absolute atomic E-state index is 13.2. The Morgan fingerprint density at radius 3 is 2.42 bits per heavy atom. The summed E-state index contributed by atoms with van der Waals surface area (Å²) in [5.74, 6) is 1.18. The lowest BCUT2D eigenvalue weighted by molar-refractivity contribution is 0.288. The number of hydrogen-bond acceptors (Lipinski definition) is 5. The molecule has 3 rings (SSSR count). The molecule has 31 heavy (non-hydrogen) atoms. The average molecular weight is 442 g/mol. The van der Waals surface area contributed by atoms with Crippen molar-refractivity contribution in [3.63, 3.8) is 0 Å². The lowest BCUT2D eigenvalue weighted by Crippen LogP contribution is -2.28. The van der Waals surface area contributed by atoms with Gasteiger partial charge in [-0.3, -0.25) is 9.36 Å². The van der Waals surface area contributed by atoms with Crippen molar-refractivity contribution in [3.8, 4) is 11.5 Å². The summed E-state index contributed by atoms with van der Waals surface area (Å²) < 4.78 is 13.4. The highest BCUT2D eigenvalue weighted by molar-refractivity contribution is 7.71. The number of aromatic nitrogens is 2. The molecule has 0 radical (unpaired) electrons. The molecule has 1 aromatic heterocycles. The summed E-state index contributed by atoms with van der Waals surface area (Å²) in [5, 5.41) is 0.548. The van der Waals surface area contributed by atoms with Crippen LogP contribution in [0, 0.1) is 11.7 Å². The lowest BCUT2D eigenvalue weighted by atomic mass is 10.2. The molecule has 0 spiro atoms. The molecule has 0 fully saturated rings. The number of ether oxygens (including phenoxy) is 2. The van der Waals surface area contributed by atoms with Gasteiger partial charge in [-0.2, -0.15) is 0 Å². The third kappa shape index (κ3) is 5.28. The molecule has 7 heteroatoms. The fourth-order valence-corrected chi connectivity index (χ4v) is 4.00. The van der Waals surface area contributed by atoms with Crippen LogP contribution in [0.3, 0.4) is 0 Å². The molecule has 0 atom stereocenters. The van der Waals surface area contributed by atoms with Crippen LogP contribution in [0.15, 0.2) is 41.2 Å². The minimum atomic E-state index is -0.110. The Hall–Kier alpha value is -2.80. The average Bonchev–Trinajstić information content (AvgIpc) is 2.74. The zero-order valence-electron chi connectivity index (χ0n) is 18.7. The van der Waals surface area contributed by atoms with Crippen molar-refractivity contribution >= 4 is 28.8 Å². The lowest BCUT2D eigenvalue weighted by Gasteiger charge is -2.23. The quantitative estimate of drug-likeness (QED) is 0.445. The summed E-state index contributed by atoms with van der Waals surface area (Å²) in [6.07, 6.45) is 0.806. The van der Waals surface area contributed by atoms with Crippen molar-refractivity contribution in [2.24, 2.45) is 0 Å². The molecule has 0 amide bonds. The first-order valence-electron chi connectivity index (χ1n) is 10.9. The van der Waals surface area contributed by atoms with Crippen LogP contribution < -0.4 is 19.9 Å². The van der Waals surface area contributed by atoms with Gasteiger partial charge < -0.3 is 19.4 Å². The molecule has 1 N–H and O–H groups in total. The van der Waals surface area contributed by atoms with E-state index < -0.39 is 0 Å². The number of hydrogen-bond donors (Lipinski definition) is 1. The van der Waals surface area contributed by atoms with E-state index in [2.05, 4.69) is 48.0 Å². The fraction of sp³-hybridized carbons (Fsp3) is 0.417. The third-order valence-electron chi connectivity index (χ3n) is 5.20. The van der Waals surface area contributed by atoms with E-state index in [1.807, 2.05) is 13.8 Å². The predicted octanol–water partition coefficient (Wildman–Crippen LogP) is 5.08. The van der Waals surface area contributed by atoms with Gasteiger partial charge in [0.25, 0.3) is 5.56 Å². The van der Waals surface area contributed by atoms with Crippen LogP contribution in [-0.4, -0.2) is 35.9 Å². The minimum absolute atomic E-state index is 0.110. The Morgan fingerprint density at radius 1 is 1.06 bits per heavy atom. The van der Waals surface area contributed by atoms with Gasteiger partial charge in [0, 0.05) is 31.4 Å². The van der Waals surface area contributed by atoms with Crippen molar-refractivity contribution < 1.29 is 9.47 Å². The Labute approximate surface area is 188 Å². The minimum Gasteiger partial charge on any atom is -0.490 e. The second-order valence-electron chi connectivity index (χ2n) is 7.37. The van der Waals surface area contributed by atoms with Crippen LogP contribution in [0.25, 0.3) is 10.9 Å². The number of aromatic amines is 1. The van der Waals surface area contributed by atoms with Crippen LogP contribution in [0.2, 0.25) is 0 Å². The first kappa shape index (κ1) is 22.9. The molecule has 0 unspecified atom stereocenters. The van der Waals surface area contributed by atoms with E-state index in [0.29, 0.717) is 46.9 Å². The summed E-state index contributed by atoms with van der Waals surface area (Å²) in [5.41, 5.74) is 2.98. The van der Waals surface area contributed by atoms with Gasteiger partial charge in [0.05, 0.1) is 24.1 Å². The van der Waals surface area contributed by atoms with Gasteiger partial charge in [-0.05, 0) is 70.1 Å². The van der Waals surface area contributed by atoms with Crippen molar-refractivity contribution in [3.05, 3.63) is 57.1 Å². The van der Waals surface area contributed by atoms with Crippen LogP contribution in [0.1, 0.15) is 32.8 Å². The first-order chi connectivity index (χ1) is 15.0. The van der Waals surface area contributed by atoms with E-state index in [9.17, 15) is 4.79 Å². The summed E-state index contributed by atoms with van der Waals surface area (Å²) in [7, 11) is 0. The van der Waals surface area contributed by atoms with Gasteiger partial charge in [0.2, 0.25) is 0 Å². The molecule has 166 valence electrons. The smallest absolute Gasteiger partial charge is 0.262 e. The number of nitrogens with zero attached hydrogens (tertiary/aromatic N) is 2. The molecular weight excluding hydrogens is 410 g/mol. The maximum Gasteiger partial charge on any atom is 0.262 e. The highest BCUT2D eigenvalue weighted by Crippen LogP contribution is 2.30. The number of aryl methyl sites for hydroxylation is 1. The Kier molecular flexibility index (Phi) is 7.74. The topological polar surface area (TPSA) is 59.5 Å². The maximum atomic E-state index is 13.2. The van der Waals surface area contributed by atoms with Gasteiger partial charge in [0.15, 0.2) is 16.3 Å². The molecule has 0 aliphatic heterocycles. The molecular formula is C24H31N3O3S. The van der Waals surface area contributed by atoms with E-state index in [0.717, 1.165) is 19.5 Å². The van der Waals surface area contributed by atoms with E-state index >= 15 is 0 Å². The van der Waals surface area contributed by atoms with E-state index in [1.165, 1.54) is 11.3 Å². The molecule has 2 aromatic carbocycles. The van der Waals surface area contributed by atoms with Crippen molar-refractivity contribution in [2.45, 2.75) is 40.7 Å². The molecule has 3 aromatic rings. The molecule has 0 bridgehead atoms. The molecule has 0 aliphatic carbocycles. The van der Waals surface area contributed by atoms with Gasteiger partial charge in [-0.1, -0.05) is 12.1 Å². The SMILES string of the molecule is CCOc1cc2[nH]c(=S)n(CCCN(CC)c3cccc(C)c3)c(=O)c2cc1OCC. The van der Waals surface area contributed by atoms with Crippen LogP contribution in [0.5, 0.6) is 11.5 Å². The predicted molar refractivity (Wildman–Crippen MR) is 129 cm³/mol. The van der Waals surface area contributed by atoms with Crippen molar-refractivity contribution in [1.82, 2.24) is 9.55 Å². The highest BCUT2D eigenvalue weighted by Gasteiger charge is 2.13. The Balaban J connectivity index is 1.85. The molecule has 0 saturated heterocycles. The number of nitrogens with one attached hydrogen (secondary N) is 1. The number of anilines is 1. The van der Waals surface area contributed by atoms with E-state index in [1.54, 1.807) is 16.7 Å². The summed E-state index contributed by atoms with van der Waals surface area (Å²) in [6.45, 7) is 11.4. The Bertz CT molecular complexity index is 1150. The highest BCUT2D eigenvalue weighted by atomic mass is 32.1. The molecule has 1 heterocycles. The van der Waals surface area contributed by atoms with Gasteiger partial charge >= 0.3 is 0 Å². The van der Waals surface area contributed by atoms with Gasteiger partial charge in [-0.25, -0.2) is 0 Å². The van der Waals surface area contributed by atoms with E-state index in [4.69, 9.17) is 21.7 Å². The second kappa shape index (κ2) is 10.5. The normalized spacial score (nSPS) is 11.0. The second-order valence-corrected chi connectivity index (χ2v) is 7.76. The summed E-state index contributed by atoms with van der Waals surface area (Å²) in [4.78, 5) is 18.7. The third-order valence-corrected chi connectivity index (χ3v) is 5.53. The molecule has 0 aliphatic rings. The largest absolute Gasteiger partial charge is 0.490 e.